The van der Waals surface area contributed by atoms with E-state index in [0.29, 0.717) is 17.8 Å². The first kappa shape index (κ1) is 14.8. The van der Waals surface area contributed by atoms with Gasteiger partial charge in [-0.3, -0.25) is 4.79 Å². The van der Waals surface area contributed by atoms with Crippen LogP contribution in [-0.4, -0.2) is 24.4 Å². The minimum Gasteiger partial charge on any atom is -0.299 e. The zero-order valence-electron chi connectivity index (χ0n) is 10.5. The molecule has 0 aliphatic rings. The number of rotatable bonds is 6. The predicted octanol–water partition coefficient (Wildman–Crippen LogP) is 0.930. The molecular weight excluding hydrogens is 298 g/mol. The zero-order valence-corrected chi connectivity index (χ0v) is 12.2. The molecule has 2 N–H and O–H groups in total. The number of aromatic nitrogens is 2. The number of aryl methyl sites for hydroxylation is 1. The highest BCUT2D eigenvalue weighted by atomic mass is 32.2. The first-order valence-electron chi connectivity index (χ1n) is 5.86. The summed E-state index contributed by atoms with van der Waals surface area (Å²) in [6.07, 6.45) is 1.12. The van der Waals surface area contributed by atoms with E-state index in [1.165, 1.54) is 0 Å². The molecule has 20 heavy (non-hydrogen) atoms. The average molecular weight is 311 g/mol. The lowest BCUT2D eigenvalue weighted by Crippen LogP contribution is -2.11. The highest BCUT2D eigenvalue weighted by Gasteiger charge is 2.16. The molecule has 0 aliphatic heterocycles. The standard InChI is InChI=1S/C12H13N3O3S2/c13-20(17,18)12-15-14-11(19-12)8-10(16)7-6-9-4-2-1-3-5-9/h1-5H,6-8H2,(H2,13,17,18). The van der Waals surface area contributed by atoms with Crippen LogP contribution in [0.4, 0.5) is 0 Å². The Bertz CT molecular complexity index is 696. The Labute approximate surface area is 120 Å². The Morgan fingerprint density at radius 2 is 1.90 bits per heavy atom. The largest absolute Gasteiger partial charge is 0.299 e. The Kier molecular flexibility index (Phi) is 4.58. The maximum atomic E-state index is 11.8. The minimum absolute atomic E-state index is 0.00836. The summed E-state index contributed by atoms with van der Waals surface area (Å²) in [6.45, 7) is 0. The van der Waals surface area contributed by atoms with Crippen LogP contribution in [0.15, 0.2) is 34.7 Å². The molecule has 1 aromatic carbocycles. The van der Waals surface area contributed by atoms with Crippen LogP contribution in [0, 0.1) is 0 Å². The van der Waals surface area contributed by atoms with Gasteiger partial charge in [0.1, 0.15) is 10.8 Å². The summed E-state index contributed by atoms with van der Waals surface area (Å²) in [5, 5.41) is 12.4. The van der Waals surface area contributed by atoms with Crippen molar-refractivity contribution in [2.75, 3.05) is 0 Å². The van der Waals surface area contributed by atoms with Crippen LogP contribution in [-0.2, 0) is 27.7 Å². The van der Waals surface area contributed by atoms with E-state index in [1.807, 2.05) is 30.3 Å². The van der Waals surface area contributed by atoms with Gasteiger partial charge in [-0.2, -0.15) is 0 Å². The quantitative estimate of drug-likeness (QED) is 0.854. The van der Waals surface area contributed by atoms with E-state index in [9.17, 15) is 13.2 Å². The van der Waals surface area contributed by atoms with E-state index in [-0.39, 0.29) is 16.5 Å². The summed E-state index contributed by atoms with van der Waals surface area (Å²) >= 11 is 0.834. The summed E-state index contributed by atoms with van der Waals surface area (Å²) in [6, 6.07) is 9.67. The number of primary sulfonamides is 1. The van der Waals surface area contributed by atoms with Crippen molar-refractivity contribution in [3.05, 3.63) is 40.9 Å². The Morgan fingerprint density at radius 3 is 2.50 bits per heavy atom. The Balaban J connectivity index is 1.90. The molecule has 0 bridgehead atoms. The molecule has 0 saturated heterocycles. The molecule has 0 spiro atoms. The number of Topliss-reactive ketones (excluding diaryl/α,β-unsaturated/α-hetero) is 1. The molecule has 106 valence electrons. The van der Waals surface area contributed by atoms with Gasteiger partial charge in [0, 0.05) is 6.42 Å². The lowest BCUT2D eigenvalue weighted by atomic mass is 10.1. The van der Waals surface area contributed by atoms with Gasteiger partial charge >= 0.3 is 0 Å². The normalized spacial score (nSPS) is 11.4. The van der Waals surface area contributed by atoms with E-state index >= 15 is 0 Å². The van der Waals surface area contributed by atoms with E-state index in [2.05, 4.69) is 10.2 Å². The Hall–Kier alpha value is -1.64. The molecule has 0 aliphatic carbocycles. The van der Waals surface area contributed by atoms with Crippen LogP contribution in [0.2, 0.25) is 0 Å². The fourth-order valence-electron chi connectivity index (χ4n) is 1.61. The van der Waals surface area contributed by atoms with Crippen molar-refractivity contribution < 1.29 is 13.2 Å². The molecule has 0 radical (unpaired) electrons. The van der Waals surface area contributed by atoms with Crippen molar-refractivity contribution in [1.82, 2.24) is 10.2 Å². The van der Waals surface area contributed by atoms with Crippen molar-refractivity contribution in [3.63, 3.8) is 0 Å². The number of carbonyl (C=O) groups is 1. The summed E-state index contributed by atoms with van der Waals surface area (Å²) in [4.78, 5) is 11.8. The highest BCUT2D eigenvalue weighted by molar-refractivity contribution is 7.91. The number of benzene rings is 1. The van der Waals surface area contributed by atoms with Gasteiger partial charge in [0.05, 0.1) is 6.42 Å². The molecule has 8 heteroatoms. The monoisotopic (exact) mass is 311 g/mol. The van der Waals surface area contributed by atoms with Gasteiger partial charge in [-0.05, 0) is 12.0 Å². The number of nitrogens with two attached hydrogens (primary N) is 1. The van der Waals surface area contributed by atoms with Crippen molar-refractivity contribution in [2.24, 2.45) is 5.14 Å². The van der Waals surface area contributed by atoms with Crippen molar-refractivity contribution in [1.29, 1.82) is 0 Å². The number of hydrogen-bond donors (Lipinski definition) is 1. The third-order valence-corrected chi connectivity index (χ3v) is 4.81. The van der Waals surface area contributed by atoms with Crippen LogP contribution in [0.25, 0.3) is 0 Å². The van der Waals surface area contributed by atoms with Gasteiger partial charge in [-0.25, -0.2) is 13.6 Å². The number of ketones is 1. The van der Waals surface area contributed by atoms with Crippen molar-refractivity contribution >= 4 is 27.1 Å². The number of carbonyl (C=O) groups excluding carboxylic acids is 1. The molecule has 2 rings (SSSR count). The van der Waals surface area contributed by atoms with Gasteiger partial charge in [0.25, 0.3) is 10.0 Å². The third kappa shape index (κ3) is 4.19. The molecule has 0 fully saturated rings. The number of sulfonamides is 1. The van der Waals surface area contributed by atoms with Crippen molar-refractivity contribution in [3.8, 4) is 0 Å². The van der Waals surface area contributed by atoms with E-state index < -0.39 is 10.0 Å². The second-order valence-electron chi connectivity index (χ2n) is 4.21. The van der Waals surface area contributed by atoms with Gasteiger partial charge in [0.15, 0.2) is 0 Å². The van der Waals surface area contributed by atoms with Crippen LogP contribution >= 0.6 is 11.3 Å². The molecule has 0 amide bonds. The van der Waals surface area contributed by atoms with Crippen LogP contribution in [0.5, 0.6) is 0 Å². The highest BCUT2D eigenvalue weighted by Crippen LogP contribution is 2.15. The average Bonchev–Trinajstić information content (AvgIpc) is 2.86. The molecule has 1 aromatic heterocycles. The minimum atomic E-state index is -3.84. The first-order chi connectivity index (χ1) is 9.45. The molecule has 6 nitrogen and oxygen atoms in total. The van der Waals surface area contributed by atoms with Crippen LogP contribution in [0.3, 0.4) is 0 Å². The molecular formula is C12H13N3O3S2. The molecule has 0 atom stereocenters. The molecule has 1 heterocycles. The topological polar surface area (TPSA) is 103 Å². The Morgan fingerprint density at radius 1 is 1.20 bits per heavy atom. The fourth-order valence-corrected chi connectivity index (χ4v) is 3.12. The zero-order chi connectivity index (χ0) is 14.6. The SMILES string of the molecule is NS(=O)(=O)c1nnc(CC(=O)CCc2ccccc2)s1. The first-order valence-corrected chi connectivity index (χ1v) is 8.22. The van der Waals surface area contributed by atoms with E-state index in [4.69, 9.17) is 5.14 Å². The molecule has 0 unspecified atom stereocenters. The second kappa shape index (κ2) is 6.21. The van der Waals surface area contributed by atoms with Gasteiger partial charge in [0.2, 0.25) is 4.34 Å². The van der Waals surface area contributed by atoms with Crippen molar-refractivity contribution in [2.45, 2.75) is 23.6 Å². The van der Waals surface area contributed by atoms with E-state index in [1.54, 1.807) is 0 Å². The molecule has 2 aromatic rings. The smallest absolute Gasteiger partial charge is 0.267 e. The lowest BCUT2D eigenvalue weighted by Gasteiger charge is -1.99. The lowest BCUT2D eigenvalue weighted by molar-refractivity contribution is -0.118. The summed E-state index contributed by atoms with van der Waals surface area (Å²) in [5.41, 5.74) is 1.09. The van der Waals surface area contributed by atoms with Gasteiger partial charge < -0.3 is 0 Å². The van der Waals surface area contributed by atoms with Gasteiger partial charge in [-0.15, -0.1) is 10.2 Å². The van der Waals surface area contributed by atoms with Gasteiger partial charge in [-0.1, -0.05) is 41.7 Å². The fraction of sp³-hybridized carbons (Fsp3) is 0.250. The number of nitrogens with zero attached hydrogens (tertiary/aromatic N) is 2. The summed E-state index contributed by atoms with van der Waals surface area (Å²) in [5.74, 6) is -0.00836. The maximum Gasteiger partial charge on any atom is 0.267 e. The predicted molar refractivity (Wildman–Crippen MR) is 74.8 cm³/mol. The second-order valence-corrected chi connectivity index (χ2v) is 7.00. The summed E-state index contributed by atoms with van der Waals surface area (Å²) in [7, 11) is -3.84. The summed E-state index contributed by atoms with van der Waals surface area (Å²) < 4.78 is 21.8. The van der Waals surface area contributed by atoms with E-state index in [0.717, 1.165) is 16.9 Å². The van der Waals surface area contributed by atoms with Crippen LogP contribution < -0.4 is 5.14 Å². The number of hydrogen-bond acceptors (Lipinski definition) is 6. The maximum absolute atomic E-state index is 11.8. The third-order valence-electron chi connectivity index (χ3n) is 2.58. The van der Waals surface area contributed by atoms with Crippen LogP contribution in [0.1, 0.15) is 17.0 Å². The molecule has 0 saturated carbocycles.